The summed E-state index contributed by atoms with van der Waals surface area (Å²) in [7, 11) is 0. The van der Waals surface area contributed by atoms with Gasteiger partial charge >= 0.3 is 0 Å². The summed E-state index contributed by atoms with van der Waals surface area (Å²) in [5.74, 6) is 1.09. The predicted octanol–water partition coefficient (Wildman–Crippen LogP) is 2.81. The van der Waals surface area contributed by atoms with E-state index in [0.717, 1.165) is 45.1 Å². The van der Waals surface area contributed by atoms with Gasteiger partial charge in [-0.25, -0.2) is 0 Å². The zero-order valence-corrected chi connectivity index (χ0v) is 11.9. The Morgan fingerprint density at radius 1 is 1.00 bits per heavy atom. The van der Waals surface area contributed by atoms with E-state index in [0.29, 0.717) is 17.7 Å². The van der Waals surface area contributed by atoms with Crippen molar-refractivity contribution in [2.24, 2.45) is 17.6 Å². The molecule has 1 spiro atoms. The molecule has 3 rings (SSSR count). The molecule has 0 radical (unpaired) electrons. The number of Topliss-reactive ketones (excluding diaryl/α,β-unsaturated/α-hetero) is 1. The molecule has 1 atom stereocenters. The van der Waals surface area contributed by atoms with E-state index < -0.39 is 0 Å². The van der Waals surface area contributed by atoms with Gasteiger partial charge in [0.25, 0.3) is 0 Å². The second-order valence-electron chi connectivity index (χ2n) is 6.94. The summed E-state index contributed by atoms with van der Waals surface area (Å²) in [5.41, 5.74) is 6.01. The topological polar surface area (TPSA) is 52.3 Å². The molecule has 3 fully saturated rings. The lowest BCUT2D eigenvalue weighted by atomic mass is 9.74. The lowest BCUT2D eigenvalue weighted by Gasteiger charge is -2.39. The van der Waals surface area contributed by atoms with Gasteiger partial charge in [0.05, 0.1) is 5.60 Å². The number of hydrogen-bond acceptors (Lipinski definition) is 3. The Morgan fingerprint density at radius 3 is 2.37 bits per heavy atom. The Bertz CT molecular complexity index is 328. The minimum atomic E-state index is 0.0731. The standard InChI is InChI=1S/C16H27NO2/c17-14-5-3-12(4-6-14)15(18)13-7-10-19-16(11-13)8-1-2-9-16/h12-14H,1-11,17H2. The van der Waals surface area contributed by atoms with E-state index in [1.54, 1.807) is 0 Å². The highest BCUT2D eigenvalue weighted by Gasteiger charge is 2.43. The Morgan fingerprint density at radius 2 is 1.68 bits per heavy atom. The number of rotatable bonds is 2. The summed E-state index contributed by atoms with van der Waals surface area (Å²) < 4.78 is 6.04. The first-order chi connectivity index (χ1) is 9.19. The van der Waals surface area contributed by atoms with Crippen molar-refractivity contribution in [2.45, 2.75) is 75.9 Å². The van der Waals surface area contributed by atoms with E-state index >= 15 is 0 Å². The SMILES string of the molecule is NC1CCC(C(=O)C2CCOC3(CCCC3)C2)CC1. The summed E-state index contributed by atoms with van der Waals surface area (Å²) in [6.45, 7) is 0.794. The fourth-order valence-corrected chi connectivity index (χ4v) is 4.38. The molecule has 108 valence electrons. The van der Waals surface area contributed by atoms with Gasteiger partial charge in [0, 0.05) is 24.5 Å². The first-order valence-electron chi connectivity index (χ1n) is 8.12. The van der Waals surface area contributed by atoms with Crippen molar-refractivity contribution < 1.29 is 9.53 Å². The molecule has 1 heterocycles. The molecule has 1 unspecified atom stereocenters. The molecule has 19 heavy (non-hydrogen) atoms. The minimum Gasteiger partial charge on any atom is -0.375 e. The smallest absolute Gasteiger partial charge is 0.139 e. The van der Waals surface area contributed by atoms with Crippen molar-refractivity contribution in [3.63, 3.8) is 0 Å². The molecule has 0 bridgehead atoms. The highest BCUT2D eigenvalue weighted by molar-refractivity contribution is 5.83. The fraction of sp³-hybridized carbons (Fsp3) is 0.938. The van der Waals surface area contributed by atoms with Crippen LogP contribution in [-0.2, 0) is 9.53 Å². The van der Waals surface area contributed by atoms with Crippen LogP contribution in [0.2, 0.25) is 0 Å². The number of ketones is 1. The van der Waals surface area contributed by atoms with E-state index in [2.05, 4.69) is 0 Å². The predicted molar refractivity (Wildman–Crippen MR) is 74.8 cm³/mol. The molecule has 1 saturated heterocycles. The van der Waals surface area contributed by atoms with Crippen molar-refractivity contribution in [1.82, 2.24) is 0 Å². The van der Waals surface area contributed by atoms with Gasteiger partial charge in [-0.3, -0.25) is 4.79 Å². The lowest BCUT2D eigenvalue weighted by molar-refractivity contribution is -0.141. The van der Waals surface area contributed by atoms with Crippen LogP contribution in [-0.4, -0.2) is 24.0 Å². The molecule has 1 aliphatic heterocycles. The zero-order valence-electron chi connectivity index (χ0n) is 11.9. The summed E-state index contributed by atoms with van der Waals surface area (Å²) in [6, 6.07) is 0.333. The van der Waals surface area contributed by atoms with Crippen LogP contribution in [0.5, 0.6) is 0 Å². The molecule has 3 heteroatoms. The van der Waals surface area contributed by atoms with Gasteiger partial charge in [-0.05, 0) is 51.4 Å². The van der Waals surface area contributed by atoms with E-state index in [-0.39, 0.29) is 11.5 Å². The Kier molecular flexibility index (Phi) is 3.95. The number of carbonyl (C=O) groups excluding carboxylic acids is 1. The van der Waals surface area contributed by atoms with Crippen molar-refractivity contribution in [3.8, 4) is 0 Å². The van der Waals surface area contributed by atoms with E-state index in [4.69, 9.17) is 10.5 Å². The maximum absolute atomic E-state index is 12.7. The van der Waals surface area contributed by atoms with Crippen molar-refractivity contribution in [2.75, 3.05) is 6.61 Å². The Labute approximate surface area is 116 Å². The quantitative estimate of drug-likeness (QED) is 0.835. The number of hydrogen-bond donors (Lipinski definition) is 1. The van der Waals surface area contributed by atoms with Gasteiger partial charge in [-0.2, -0.15) is 0 Å². The van der Waals surface area contributed by atoms with Crippen LogP contribution in [0.25, 0.3) is 0 Å². The molecular formula is C16H27NO2. The van der Waals surface area contributed by atoms with Crippen LogP contribution in [0.4, 0.5) is 0 Å². The lowest BCUT2D eigenvalue weighted by Crippen LogP contribution is -2.42. The molecule has 3 aliphatic rings. The molecule has 2 saturated carbocycles. The van der Waals surface area contributed by atoms with Gasteiger partial charge in [-0.15, -0.1) is 0 Å². The van der Waals surface area contributed by atoms with Gasteiger partial charge in [-0.1, -0.05) is 12.8 Å². The van der Waals surface area contributed by atoms with Gasteiger partial charge in [0.2, 0.25) is 0 Å². The van der Waals surface area contributed by atoms with Crippen LogP contribution in [0, 0.1) is 11.8 Å². The summed E-state index contributed by atoms with van der Waals surface area (Å²) in [5, 5.41) is 0. The van der Waals surface area contributed by atoms with Crippen molar-refractivity contribution >= 4 is 5.78 Å². The molecule has 0 amide bonds. The maximum atomic E-state index is 12.7. The van der Waals surface area contributed by atoms with Gasteiger partial charge in [0.1, 0.15) is 5.78 Å². The third kappa shape index (κ3) is 2.87. The van der Waals surface area contributed by atoms with Crippen LogP contribution < -0.4 is 5.73 Å². The van der Waals surface area contributed by atoms with E-state index in [1.165, 1.54) is 25.7 Å². The Hall–Kier alpha value is -0.410. The van der Waals surface area contributed by atoms with E-state index in [9.17, 15) is 4.79 Å². The highest BCUT2D eigenvalue weighted by atomic mass is 16.5. The first-order valence-corrected chi connectivity index (χ1v) is 8.12. The Balaban J connectivity index is 1.60. The largest absolute Gasteiger partial charge is 0.375 e. The van der Waals surface area contributed by atoms with Crippen molar-refractivity contribution in [1.29, 1.82) is 0 Å². The monoisotopic (exact) mass is 265 g/mol. The zero-order chi connectivity index (χ0) is 13.3. The van der Waals surface area contributed by atoms with E-state index in [1.807, 2.05) is 0 Å². The average molecular weight is 265 g/mol. The van der Waals surface area contributed by atoms with Crippen LogP contribution >= 0.6 is 0 Å². The number of ether oxygens (including phenoxy) is 1. The maximum Gasteiger partial charge on any atom is 0.139 e. The normalized spacial score (nSPS) is 38.5. The molecule has 0 aromatic carbocycles. The second kappa shape index (κ2) is 5.53. The second-order valence-corrected chi connectivity index (χ2v) is 6.94. The van der Waals surface area contributed by atoms with Crippen molar-refractivity contribution in [3.05, 3.63) is 0 Å². The molecule has 2 N–H and O–H groups in total. The number of nitrogens with two attached hydrogens (primary N) is 1. The highest BCUT2D eigenvalue weighted by Crippen LogP contribution is 2.43. The van der Waals surface area contributed by atoms with Gasteiger partial charge < -0.3 is 10.5 Å². The average Bonchev–Trinajstić information content (AvgIpc) is 2.87. The van der Waals surface area contributed by atoms with Crippen LogP contribution in [0.15, 0.2) is 0 Å². The summed E-state index contributed by atoms with van der Waals surface area (Å²) in [6.07, 6.45) is 10.9. The summed E-state index contributed by atoms with van der Waals surface area (Å²) >= 11 is 0. The third-order valence-corrected chi connectivity index (χ3v) is 5.58. The molecular weight excluding hydrogens is 238 g/mol. The summed E-state index contributed by atoms with van der Waals surface area (Å²) in [4.78, 5) is 12.7. The van der Waals surface area contributed by atoms with Crippen LogP contribution in [0.1, 0.15) is 64.2 Å². The van der Waals surface area contributed by atoms with Crippen LogP contribution in [0.3, 0.4) is 0 Å². The fourth-order valence-electron chi connectivity index (χ4n) is 4.38. The van der Waals surface area contributed by atoms with Gasteiger partial charge in [0.15, 0.2) is 0 Å². The number of carbonyl (C=O) groups is 1. The molecule has 0 aromatic heterocycles. The molecule has 0 aromatic rings. The first kappa shape index (κ1) is 13.6. The minimum absolute atomic E-state index is 0.0731. The third-order valence-electron chi connectivity index (χ3n) is 5.58. The molecule has 3 nitrogen and oxygen atoms in total. The molecule has 2 aliphatic carbocycles.